The normalized spacial score (nSPS) is 15.9. The fourth-order valence-electron chi connectivity index (χ4n) is 1.38. The van der Waals surface area contributed by atoms with E-state index in [1.165, 1.54) is 27.7 Å². The van der Waals surface area contributed by atoms with Gasteiger partial charge in [0.25, 0.3) is 0 Å². The molecular formula is C12H22F6O2. The number of aliphatic hydroxyl groups excluding tert-OH is 2. The van der Waals surface area contributed by atoms with Crippen LogP contribution in [0.15, 0.2) is 0 Å². The molecule has 2 atom stereocenters. The molecule has 0 aromatic heterocycles. The van der Waals surface area contributed by atoms with E-state index in [1.54, 1.807) is 0 Å². The highest BCUT2D eigenvalue weighted by Crippen LogP contribution is 2.31. The molecule has 124 valence electrons. The molecule has 0 aromatic rings. The highest BCUT2D eigenvalue weighted by atomic mass is 19.4. The average molecular weight is 312 g/mol. The Morgan fingerprint density at radius 1 is 0.650 bits per heavy atom. The quantitative estimate of drug-likeness (QED) is 0.778. The Balaban J connectivity index is 0. The molecular weight excluding hydrogens is 290 g/mol. The lowest BCUT2D eigenvalue weighted by Crippen LogP contribution is -2.30. The van der Waals surface area contributed by atoms with Gasteiger partial charge < -0.3 is 10.2 Å². The first-order valence-corrected chi connectivity index (χ1v) is 6.14. The van der Waals surface area contributed by atoms with Crippen LogP contribution in [-0.2, 0) is 0 Å². The van der Waals surface area contributed by atoms with E-state index in [9.17, 15) is 26.3 Å². The summed E-state index contributed by atoms with van der Waals surface area (Å²) in [6.45, 7) is 4.12. The second kappa shape index (κ2) is 8.71. The molecule has 0 unspecified atom stereocenters. The van der Waals surface area contributed by atoms with E-state index in [0.29, 0.717) is 0 Å². The molecule has 0 aliphatic heterocycles. The maximum Gasteiger partial charge on any atom is 0.394 e. The van der Waals surface area contributed by atoms with Gasteiger partial charge in [-0.05, 0) is 11.8 Å². The third-order valence-electron chi connectivity index (χ3n) is 2.84. The third-order valence-corrected chi connectivity index (χ3v) is 2.84. The Morgan fingerprint density at radius 2 is 0.850 bits per heavy atom. The SMILES string of the molecule is CC(C)[C@@H](CO)C(F)(F)F.CC(C)[C@H](CO)C(F)(F)F. The fourth-order valence-corrected chi connectivity index (χ4v) is 1.38. The topological polar surface area (TPSA) is 40.5 Å². The smallest absolute Gasteiger partial charge is 0.394 e. The number of rotatable bonds is 4. The van der Waals surface area contributed by atoms with Gasteiger partial charge in [-0.2, -0.15) is 26.3 Å². The molecule has 0 saturated heterocycles. The second-order valence-corrected chi connectivity index (χ2v) is 5.15. The standard InChI is InChI=1S/2C6H11F3O/c2*1-4(2)5(3-10)6(7,8)9/h2*4-5,10H,3H2,1-2H3/t2*5-/m10/s1. The molecule has 0 rings (SSSR count). The molecule has 20 heavy (non-hydrogen) atoms. The molecule has 8 heteroatoms. The summed E-state index contributed by atoms with van der Waals surface area (Å²) >= 11 is 0. The number of halogens is 6. The minimum atomic E-state index is -4.26. The van der Waals surface area contributed by atoms with Crippen molar-refractivity contribution in [1.29, 1.82) is 0 Å². The summed E-state index contributed by atoms with van der Waals surface area (Å²) < 4.78 is 70.9. The fraction of sp³-hybridized carbons (Fsp3) is 1.00. The summed E-state index contributed by atoms with van der Waals surface area (Å²) in [5.74, 6) is -4.25. The zero-order valence-corrected chi connectivity index (χ0v) is 11.9. The maximum absolute atomic E-state index is 11.8. The number of hydrogen-bond donors (Lipinski definition) is 2. The Morgan fingerprint density at radius 3 is 0.850 bits per heavy atom. The predicted octanol–water partition coefficient (Wildman–Crippen LogP) is 3.63. The summed E-state index contributed by atoms with van der Waals surface area (Å²) in [6.07, 6.45) is -8.52. The van der Waals surface area contributed by atoms with Crippen LogP contribution in [-0.4, -0.2) is 35.8 Å². The molecule has 0 bridgehead atoms. The van der Waals surface area contributed by atoms with Gasteiger partial charge in [-0.25, -0.2) is 0 Å². The lowest BCUT2D eigenvalue weighted by atomic mass is 9.96. The van der Waals surface area contributed by atoms with Crippen molar-refractivity contribution in [3.05, 3.63) is 0 Å². The van der Waals surface area contributed by atoms with Crippen molar-refractivity contribution >= 4 is 0 Å². The van der Waals surface area contributed by atoms with Gasteiger partial charge in [0.15, 0.2) is 0 Å². The minimum Gasteiger partial charge on any atom is -0.396 e. The van der Waals surface area contributed by atoms with Gasteiger partial charge in [0.05, 0.1) is 25.0 Å². The van der Waals surface area contributed by atoms with Crippen LogP contribution in [0.3, 0.4) is 0 Å². The van der Waals surface area contributed by atoms with Crippen molar-refractivity contribution in [2.75, 3.05) is 13.2 Å². The van der Waals surface area contributed by atoms with Crippen LogP contribution in [0, 0.1) is 23.7 Å². The van der Waals surface area contributed by atoms with Crippen LogP contribution in [0.4, 0.5) is 26.3 Å². The molecule has 0 fully saturated rings. The Kier molecular flexibility index (Phi) is 9.49. The van der Waals surface area contributed by atoms with E-state index >= 15 is 0 Å². The molecule has 0 amide bonds. The molecule has 0 aliphatic rings. The first-order chi connectivity index (χ1) is 8.78. The maximum atomic E-state index is 11.8. The molecule has 0 spiro atoms. The van der Waals surface area contributed by atoms with E-state index in [4.69, 9.17) is 10.2 Å². The van der Waals surface area contributed by atoms with Crippen LogP contribution < -0.4 is 0 Å². The second-order valence-electron chi connectivity index (χ2n) is 5.15. The van der Waals surface area contributed by atoms with E-state index < -0.39 is 49.2 Å². The first-order valence-electron chi connectivity index (χ1n) is 6.14. The van der Waals surface area contributed by atoms with Gasteiger partial charge in [-0.1, -0.05) is 27.7 Å². The zero-order chi connectivity index (χ0) is 16.7. The van der Waals surface area contributed by atoms with E-state index in [2.05, 4.69) is 0 Å². The highest BCUT2D eigenvalue weighted by molar-refractivity contribution is 4.69. The van der Waals surface area contributed by atoms with E-state index in [0.717, 1.165) is 0 Å². The Hall–Kier alpha value is -0.500. The van der Waals surface area contributed by atoms with Gasteiger partial charge >= 0.3 is 12.4 Å². The Bertz CT molecular complexity index is 221. The van der Waals surface area contributed by atoms with Gasteiger partial charge in [-0.15, -0.1) is 0 Å². The number of aliphatic hydroxyl groups is 2. The summed E-state index contributed by atoms with van der Waals surface area (Å²) in [5, 5.41) is 16.6. The van der Waals surface area contributed by atoms with Crippen molar-refractivity contribution < 1.29 is 36.6 Å². The van der Waals surface area contributed by atoms with Crippen molar-refractivity contribution in [2.24, 2.45) is 23.7 Å². The van der Waals surface area contributed by atoms with Crippen molar-refractivity contribution in [2.45, 2.75) is 40.0 Å². The largest absolute Gasteiger partial charge is 0.396 e. The van der Waals surface area contributed by atoms with Crippen molar-refractivity contribution in [1.82, 2.24) is 0 Å². The van der Waals surface area contributed by atoms with Gasteiger partial charge in [-0.3, -0.25) is 0 Å². The molecule has 0 radical (unpaired) electrons. The summed E-state index contributed by atoms with van der Waals surface area (Å²) in [5.41, 5.74) is 0. The Labute approximate surface area is 114 Å². The van der Waals surface area contributed by atoms with E-state index in [1.807, 2.05) is 0 Å². The highest BCUT2D eigenvalue weighted by Gasteiger charge is 2.41. The monoisotopic (exact) mass is 312 g/mol. The number of hydrogen-bond acceptors (Lipinski definition) is 2. The van der Waals surface area contributed by atoms with Crippen LogP contribution >= 0.6 is 0 Å². The van der Waals surface area contributed by atoms with Crippen molar-refractivity contribution in [3.8, 4) is 0 Å². The summed E-state index contributed by atoms with van der Waals surface area (Å²) in [7, 11) is 0. The average Bonchev–Trinajstić information content (AvgIpc) is 2.13. The lowest BCUT2D eigenvalue weighted by molar-refractivity contribution is -0.196. The van der Waals surface area contributed by atoms with E-state index in [-0.39, 0.29) is 0 Å². The summed E-state index contributed by atoms with van der Waals surface area (Å²) in [6, 6.07) is 0. The minimum absolute atomic E-state index is 0.551. The van der Waals surface area contributed by atoms with Crippen LogP contribution in [0.1, 0.15) is 27.7 Å². The first kappa shape index (κ1) is 21.8. The predicted molar refractivity (Wildman–Crippen MR) is 62.9 cm³/mol. The van der Waals surface area contributed by atoms with Gasteiger partial charge in [0.2, 0.25) is 0 Å². The van der Waals surface area contributed by atoms with Crippen LogP contribution in [0.25, 0.3) is 0 Å². The molecule has 2 N–H and O–H groups in total. The van der Waals surface area contributed by atoms with Gasteiger partial charge in [0, 0.05) is 0 Å². The molecule has 0 saturated carbocycles. The van der Waals surface area contributed by atoms with Crippen LogP contribution in [0.5, 0.6) is 0 Å². The van der Waals surface area contributed by atoms with Crippen LogP contribution in [0.2, 0.25) is 0 Å². The van der Waals surface area contributed by atoms with Crippen molar-refractivity contribution in [3.63, 3.8) is 0 Å². The molecule has 2 nitrogen and oxygen atoms in total. The molecule has 0 aromatic carbocycles. The molecule has 0 heterocycles. The zero-order valence-electron chi connectivity index (χ0n) is 11.9. The number of alkyl halides is 6. The third kappa shape index (κ3) is 8.63. The lowest BCUT2D eigenvalue weighted by Gasteiger charge is -2.20. The molecule has 0 aliphatic carbocycles. The van der Waals surface area contributed by atoms with Gasteiger partial charge in [0.1, 0.15) is 0 Å². The summed E-state index contributed by atoms with van der Waals surface area (Å²) in [4.78, 5) is 0.